The summed E-state index contributed by atoms with van der Waals surface area (Å²) in [7, 11) is 0. The van der Waals surface area contributed by atoms with Gasteiger partial charge in [-0.3, -0.25) is 9.59 Å². The second-order valence-electron chi connectivity index (χ2n) is 7.53. The Morgan fingerprint density at radius 1 is 1.21 bits per heavy atom. The van der Waals surface area contributed by atoms with Crippen LogP contribution in [0.5, 0.6) is 0 Å². The van der Waals surface area contributed by atoms with Crippen LogP contribution < -0.4 is 0 Å². The van der Waals surface area contributed by atoms with Gasteiger partial charge >= 0.3 is 0 Å². The van der Waals surface area contributed by atoms with E-state index in [9.17, 15) is 9.59 Å². The largest absolute Gasteiger partial charge is 0.331 e. The van der Waals surface area contributed by atoms with Crippen LogP contribution in [-0.2, 0) is 16.0 Å². The molecule has 1 aromatic carbocycles. The number of hydrogen-bond donors (Lipinski definition) is 0. The molecule has 0 bridgehead atoms. The van der Waals surface area contributed by atoms with E-state index in [1.54, 1.807) is 16.2 Å². The van der Waals surface area contributed by atoms with Gasteiger partial charge in [-0.25, -0.2) is 0 Å². The van der Waals surface area contributed by atoms with Crippen LogP contribution in [0.4, 0.5) is 0 Å². The average molecular weight is 399 g/mol. The second-order valence-corrected chi connectivity index (χ2v) is 8.53. The Morgan fingerprint density at radius 3 is 2.64 bits per heavy atom. The first kappa shape index (κ1) is 20.6. The van der Waals surface area contributed by atoms with Gasteiger partial charge in [-0.2, -0.15) is 0 Å². The number of aryl methyl sites for hydroxylation is 1. The molecule has 5 heteroatoms. The van der Waals surface area contributed by atoms with Crippen molar-refractivity contribution in [2.24, 2.45) is 0 Å². The molecule has 3 rings (SSSR count). The molecule has 2 aromatic rings. The predicted octanol–water partition coefficient (Wildman–Crippen LogP) is 4.57. The molecule has 4 nitrogen and oxygen atoms in total. The Balaban J connectivity index is 1.94. The maximum Gasteiger partial charge on any atom is 0.243 e. The summed E-state index contributed by atoms with van der Waals surface area (Å²) < 4.78 is 0. The highest BCUT2D eigenvalue weighted by atomic mass is 32.1. The maximum absolute atomic E-state index is 13.4. The fourth-order valence-corrected chi connectivity index (χ4v) is 4.87. The molecular formula is C23H30N2O2S. The summed E-state index contributed by atoms with van der Waals surface area (Å²) >= 11 is 1.77. The summed E-state index contributed by atoms with van der Waals surface area (Å²) in [6, 6.07) is 10.4. The zero-order valence-corrected chi connectivity index (χ0v) is 18.1. The molecule has 150 valence electrons. The Morgan fingerprint density at radius 2 is 1.96 bits per heavy atom. The van der Waals surface area contributed by atoms with E-state index in [-0.39, 0.29) is 30.4 Å². The van der Waals surface area contributed by atoms with Crippen molar-refractivity contribution in [2.45, 2.75) is 59.0 Å². The number of carbonyl (C=O) groups is 2. The molecule has 0 saturated heterocycles. The van der Waals surface area contributed by atoms with Gasteiger partial charge in [-0.1, -0.05) is 38.1 Å². The number of benzene rings is 1. The van der Waals surface area contributed by atoms with Gasteiger partial charge in [0.25, 0.3) is 0 Å². The smallest absolute Gasteiger partial charge is 0.243 e. The van der Waals surface area contributed by atoms with E-state index in [1.165, 1.54) is 21.6 Å². The second kappa shape index (κ2) is 8.91. The van der Waals surface area contributed by atoms with Gasteiger partial charge in [0.15, 0.2) is 0 Å². The number of fused-ring (bicyclic) bond motifs is 1. The van der Waals surface area contributed by atoms with Gasteiger partial charge in [0, 0.05) is 23.9 Å². The SMILES string of the molecule is CCC(=O)N(CC(=O)N1CCc2sccc2[C@@H]1c1ccccc1C)[C@@H](C)CC. The lowest BCUT2D eigenvalue weighted by Crippen LogP contribution is -2.49. The minimum atomic E-state index is -0.0702. The van der Waals surface area contributed by atoms with Gasteiger partial charge in [0.1, 0.15) is 6.54 Å². The summed E-state index contributed by atoms with van der Waals surface area (Å²) in [5.74, 6) is 0.0792. The lowest BCUT2D eigenvalue weighted by Gasteiger charge is -2.39. The normalized spacial score (nSPS) is 17.1. The van der Waals surface area contributed by atoms with E-state index >= 15 is 0 Å². The number of rotatable bonds is 6. The highest BCUT2D eigenvalue weighted by Crippen LogP contribution is 2.39. The Bertz CT molecular complexity index is 845. The van der Waals surface area contributed by atoms with Gasteiger partial charge in [-0.15, -0.1) is 11.3 Å². The molecule has 1 aliphatic rings. The molecule has 2 atom stereocenters. The third-order valence-electron chi connectivity index (χ3n) is 5.82. The Kier molecular flexibility index (Phi) is 6.55. The highest BCUT2D eigenvalue weighted by Gasteiger charge is 2.34. The monoisotopic (exact) mass is 398 g/mol. The Hall–Kier alpha value is -2.14. The van der Waals surface area contributed by atoms with Crippen LogP contribution in [0.2, 0.25) is 0 Å². The topological polar surface area (TPSA) is 40.6 Å². The predicted molar refractivity (Wildman–Crippen MR) is 115 cm³/mol. The first-order valence-corrected chi connectivity index (χ1v) is 11.1. The van der Waals surface area contributed by atoms with Gasteiger partial charge in [-0.05, 0) is 54.8 Å². The zero-order valence-electron chi connectivity index (χ0n) is 17.3. The fraction of sp³-hybridized carbons (Fsp3) is 0.478. The first-order chi connectivity index (χ1) is 13.5. The lowest BCUT2D eigenvalue weighted by molar-refractivity contribution is -0.143. The molecule has 1 aliphatic heterocycles. The summed E-state index contributed by atoms with van der Waals surface area (Å²) in [5, 5.41) is 2.12. The van der Waals surface area contributed by atoms with Gasteiger partial charge < -0.3 is 9.80 Å². The molecule has 0 radical (unpaired) electrons. The van der Waals surface area contributed by atoms with Crippen LogP contribution in [0.3, 0.4) is 0 Å². The van der Waals surface area contributed by atoms with Crippen molar-refractivity contribution in [1.29, 1.82) is 0 Å². The summed E-state index contributed by atoms with van der Waals surface area (Å²) in [4.78, 5) is 31.0. The molecule has 0 N–H and O–H groups in total. The van der Waals surface area contributed by atoms with Crippen molar-refractivity contribution >= 4 is 23.2 Å². The molecule has 2 heterocycles. The van der Waals surface area contributed by atoms with Crippen LogP contribution in [0.25, 0.3) is 0 Å². The van der Waals surface area contributed by atoms with Crippen molar-refractivity contribution < 1.29 is 9.59 Å². The molecule has 0 saturated carbocycles. The molecule has 0 spiro atoms. The van der Waals surface area contributed by atoms with Crippen molar-refractivity contribution in [3.05, 3.63) is 57.3 Å². The number of hydrogen-bond acceptors (Lipinski definition) is 3. The van der Waals surface area contributed by atoms with E-state index in [2.05, 4.69) is 37.4 Å². The van der Waals surface area contributed by atoms with E-state index in [1.807, 2.05) is 30.9 Å². The number of carbonyl (C=O) groups excluding carboxylic acids is 2. The maximum atomic E-state index is 13.4. The first-order valence-electron chi connectivity index (χ1n) is 10.2. The average Bonchev–Trinajstić information content (AvgIpc) is 3.19. The van der Waals surface area contributed by atoms with E-state index in [0.29, 0.717) is 13.0 Å². The quantitative estimate of drug-likeness (QED) is 0.715. The third kappa shape index (κ3) is 4.00. The molecule has 1 aromatic heterocycles. The van der Waals surface area contributed by atoms with E-state index < -0.39 is 0 Å². The van der Waals surface area contributed by atoms with Crippen LogP contribution in [-0.4, -0.2) is 40.7 Å². The van der Waals surface area contributed by atoms with Crippen molar-refractivity contribution in [2.75, 3.05) is 13.1 Å². The molecule has 0 fully saturated rings. The van der Waals surface area contributed by atoms with Crippen LogP contribution >= 0.6 is 11.3 Å². The van der Waals surface area contributed by atoms with Crippen LogP contribution in [0, 0.1) is 6.92 Å². The summed E-state index contributed by atoms with van der Waals surface area (Å²) in [6.45, 7) is 8.89. The van der Waals surface area contributed by atoms with Crippen molar-refractivity contribution in [3.63, 3.8) is 0 Å². The van der Waals surface area contributed by atoms with E-state index in [0.717, 1.165) is 12.8 Å². The fourth-order valence-electron chi connectivity index (χ4n) is 3.96. The number of nitrogens with zero attached hydrogens (tertiary/aromatic N) is 2. The van der Waals surface area contributed by atoms with Crippen molar-refractivity contribution in [3.8, 4) is 0 Å². The van der Waals surface area contributed by atoms with E-state index in [4.69, 9.17) is 0 Å². The minimum absolute atomic E-state index is 0.0344. The standard InChI is InChI=1S/C23H30N2O2S/c1-5-17(4)25(21(26)6-2)15-22(27)24-13-11-20-19(12-14-28-20)23(24)18-10-8-7-9-16(18)3/h7-10,12,14,17,23H,5-6,11,13,15H2,1-4H3/t17-,23-/m0/s1. The number of amides is 2. The molecule has 0 unspecified atom stereocenters. The molecular weight excluding hydrogens is 368 g/mol. The number of thiophene rings is 1. The minimum Gasteiger partial charge on any atom is -0.331 e. The highest BCUT2D eigenvalue weighted by molar-refractivity contribution is 7.10. The Labute approximate surface area is 172 Å². The van der Waals surface area contributed by atoms with Gasteiger partial charge in [0.2, 0.25) is 11.8 Å². The molecule has 0 aliphatic carbocycles. The van der Waals surface area contributed by atoms with Gasteiger partial charge in [0.05, 0.1) is 6.04 Å². The molecule has 2 amide bonds. The lowest BCUT2D eigenvalue weighted by atomic mass is 9.90. The molecule has 28 heavy (non-hydrogen) atoms. The zero-order chi connectivity index (χ0) is 20.3. The van der Waals surface area contributed by atoms with Crippen molar-refractivity contribution in [1.82, 2.24) is 9.80 Å². The van der Waals surface area contributed by atoms with Crippen LogP contribution in [0.1, 0.15) is 61.2 Å². The summed E-state index contributed by atoms with van der Waals surface area (Å²) in [5.41, 5.74) is 3.59. The third-order valence-corrected chi connectivity index (χ3v) is 6.82. The van der Waals surface area contributed by atoms with Crippen LogP contribution in [0.15, 0.2) is 35.7 Å². The summed E-state index contributed by atoms with van der Waals surface area (Å²) in [6.07, 6.45) is 2.15.